The second-order valence-electron chi connectivity index (χ2n) is 5.21. The number of nitrogens with one attached hydrogen (secondary N) is 1. The van der Waals surface area contributed by atoms with E-state index in [1.165, 1.54) is 0 Å². The number of aryl methyl sites for hydroxylation is 2. The first-order valence-corrected chi connectivity index (χ1v) is 7.15. The van der Waals surface area contributed by atoms with Crippen LogP contribution in [0.5, 0.6) is 0 Å². The SMILES string of the molecule is Cc1noc(C)c1C(=O)N1CCCN1C(=S)NC(C)C. The summed E-state index contributed by atoms with van der Waals surface area (Å²) in [7, 11) is 0. The lowest BCUT2D eigenvalue weighted by molar-refractivity contribution is 0.0488. The molecule has 0 radical (unpaired) electrons. The zero-order valence-electron chi connectivity index (χ0n) is 12.3. The van der Waals surface area contributed by atoms with Crippen LogP contribution in [-0.2, 0) is 0 Å². The highest BCUT2D eigenvalue weighted by Gasteiger charge is 2.32. The summed E-state index contributed by atoms with van der Waals surface area (Å²) in [6.45, 7) is 8.95. The Labute approximate surface area is 124 Å². The van der Waals surface area contributed by atoms with Crippen molar-refractivity contribution in [3.05, 3.63) is 17.0 Å². The van der Waals surface area contributed by atoms with Crippen LogP contribution < -0.4 is 5.32 Å². The Morgan fingerprint density at radius 1 is 1.35 bits per heavy atom. The fourth-order valence-electron chi connectivity index (χ4n) is 2.27. The van der Waals surface area contributed by atoms with Crippen molar-refractivity contribution in [2.75, 3.05) is 13.1 Å². The molecule has 7 heteroatoms. The van der Waals surface area contributed by atoms with E-state index in [-0.39, 0.29) is 11.9 Å². The van der Waals surface area contributed by atoms with Crippen molar-refractivity contribution in [3.63, 3.8) is 0 Å². The number of hydrogen-bond acceptors (Lipinski definition) is 4. The topological polar surface area (TPSA) is 61.6 Å². The molecule has 20 heavy (non-hydrogen) atoms. The maximum Gasteiger partial charge on any atom is 0.277 e. The van der Waals surface area contributed by atoms with Crippen LogP contribution in [0, 0.1) is 13.8 Å². The smallest absolute Gasteiger partial charge is 0.277 e. The molecule has 0 aliphatic carbocycles. The molecule has 1 amide bonds. The van der Waals surface area contributed by atoms with Gasteiger partial charge < -0.3 is 9.84 Å². The lowest BCUT2D eigenvalue weighted by atomic mass is 10.2. The third kappa shape index (κ3) is 2.77. The maximum absolute atomic E-state index is 12.6. The second-order valence-corrected chi connectivity index (χ2v) is 5.60. The van der Waals surface area contributed by atoms with Gasteiger partial charge in [0.1, 0.15) is 11.3 Å². The lowest BCUT2D eigenvalue weighted by Gasteiger charge is -2.31. The molecule has 1 fully saturated rings. The van der Waals surface area contributed by atoms with E-state index in [2.05, 4.69) is 10.5 Å². The summed E-state index contributed by atoms with van der Waals surface area (Å²) in [5.74, 6) is 0.439. The van der Waals surface area contributed by atoms with Gasteiger partial charge in [-0.05, 0) is 46.3 Å². The van der Waals surface area contributed by atoms with E-state index >= 15 is 0 Å². The standard InChI is InChI=1S/C13H20N4O2S/c1-8(2)14-13(20)17-7-5-6-16(17)12(18)11-9(3)15-19-10(11)4/h8H,5-7H2,1-4H3,(H,14,20). The number of rotatable bonds is 2. The van der Waals surface area contributed by atoms with Gasteiger partial charge in [0.25, 0.3) is 5.91 Å². The summed E-state index contributed by atoms with van der Waals surface area (Å²) in [6.07, 6.45) is 0.898. The van der Waals surface area contributed by atoms with Crippen LogP contribution in [0.15, 0.2) is 4.52 Å². The summed E-state index contributed by atoms with van der Waals surface area (Å²) in [4.78, 5) is 12.6. The number of carbonyl (C=O) groups excluding carboxylic acids is 1. The van der Waals surface area contributed by atoms with Gasteiger partial charge in [-0.2, -0.15) is 0 Å². The lowest BCUT2D eigenvalue weighted by Crippen LogP contribution is -2.50. The highest BCUT2D eigenvalue weighted by Crippen LogP contribution is 2.20. The summed E-state index contributed by atoms with van der Waals surface area (Å²) >= 11 is 5.36. The molecular weight excluding hydrogens is 276 g/mol. The first-order chi connectivity index (χ1) is 9.41. The van der Waals surface area contributed by atoms with Crippen molar-refractivity contribution in [3.8, 4) is 0 Å². The molecule has 1 aliphatic heterocycles. The molecule has 0 spiro atoms. The fraction of sp³-hybridized carbons (Fsp3) is 0.615. The first-order valence-electron chi connectivity index (χ1n) is 6.74. The maximum atomic E-state index is 12.6. The predicted octanol–water partition coefficient (Wildman–Crippen LogP) is 1.64. The molecule has 2 rings (SSSR count). The Morgan fingerprint density at radius 3 is 2.55 bits per heavy atom. The molecule has 1 aromatic rings. The number of thiocarbonyl (C=S) groups is 1. The number of aromatic nitrogens is 1. The largest absolute Gasteiger partial charge is 0.361 e. The quantitative estimate of drug-likeness (QED) is 0.837. The number of carbonyl (C=O) groups is 1. The molecule has 1 saturated heterocycles. The Morgan fingerprint density at radius 2 is 2.00 bits per heavy atom. The van der Waals surface area contributed by atoms with Crippen LogP contribution >= 0.6 is 12.2 Å². The Kier molecular flexibility index (Phi) is 4.27. The van der Waals surface area contributed by atoms with E-state index in [0.717, 1.165) is 13.0 Å². The van der Waals surface area contributed by atoms with Crippen LogP contribution in [0.25, 0.3) is 0 Å². The van der Waals surface area contributed by atoms with Gasteiger partial charge in [0, 0.05) is 19.1 Å². The first kappa shape index (κ1) is 14.8. The molecule has 2 heterocycles. The van der Waals surface area contributed by atoms with Crippen molar-refractivity contribution in [2.45, 2.75) is 40.2 Å². The van der Waals surface area contributed by atoms with E-state index in [4.69, 9.17) is 16.7 Å². The summed E-state index contributed by atoms with van der Waals surface area (Å²) < 4.78 is 5.07. The van der Waals surface area contributed by atoms with Crippen molar-refractivity contribution in [2.24, 2.45) is 0 Å². The zero-order valence-corrected chi connectivity index (χ0v) is 13.1. The monoisotopic (exact) mass is 296 g/mol. The second kappa shape index (κ2) is 5.78. The van der Waals surface area contributed by atoms with E-state index in [1.54, 1.807) is 18.9 Å². The summed E-state index contributed by atoms with van der Waals surface area (Å²) in [5, 5.41) is 11.1. The number of hydrazine groups is 1. The minimum absolute atomic E-state index is 0.105. The molecule has 0 unspecified atom stereocenters. The predicted molar refractivity (Wildman–Crippen MR) is 79.2 cm³/mol. The van der Waals surface area contributed by atoms with Gasteiger partial charge >= 0.3 is 0 Å². The Hall–Kier alpha value is -1.63. The molecule has 0 saturated carbocycles. The van der Waals surface area contributed by atoms with Crippen molar-refractivity contribution >= 4 is 23.2 Å². The number of nitrogens with zero attached hydrogens (tertiary/aromatic N) is 3. The van der Waals surface area contributed by atoms with Crippen molar-refractivity contribution < 1.29 is 9.32 Å². The van der Waals surface area contributed by atoms with Gasteiger partial charge in [0.2, 0.25) is 0 Å². The normalized spacial score (nSPS) is 15.1. The van der Waals surface area contributed by atoms with Crippen molar-refractivity contribution in [1.82, 2.24) is 20.5 Å². The van der Waals surface area contributed by atoms with E-state index in [1.807, 2.05) is 18.9 Å². The van der Waals surface area contributed by atoms with Crippen LogP contribution in [0.2, 0.25) is 0 Å². The summed E-state index contributed by atoms with van der Waals surface area (Å²) in [6, 6.07) is 0.235. The minimum Gasteiger partial charge on any atom is -0.361 e. The van der Waals surface area contributed by atoms with Crippen LogP contribution in [0.4, 0.5) is 0 Å². The molecule has 1 N–H and O–H groups in total. The Balaban J connectivity index is 2.19. The molecule has 1 aromatic heterocycles. The average Bonchev–Trinajstić information content (AvgIpc) is 2.95. The third-order valence-electron chi connectivity index (χ3n) is 3.16. The fourth-order valence-corrected chi connectivity index (χ4v) is 2.70. The van der Waals surface area contributed by atoms with Gasteiger partial charge in [0.05, 0.1) is 5.69 Å². The number of hydrogen-bond donors (Lipinski definition) is 1. The molecule has 0 atom stereocenters. The van der Waals surface area contributed by atoms with Crippen LogP contribution in [0.1, 0.15) is 42.1 Å². The molecule has 6 nitrogen and oxygen atoms in total. The van der Waals surface area contributed by atoms with Gasteiger partial charge in [-0.25, -0.2) is 5.01 Å². The van der Waals surface area contributed by atoms with E-state index in [9.17, 15) is 4.79 Å². The highest BCUT2D eigenvalue weighted by molar-refractivity contribution is 7.80. The van der Waals surface area contributed by atoms with Gasteiger partial charge in [-0.15, -0.1) is 0 Å². The zero-order chi connectivity index (χ0) is 14.9. The molecule has 110 valence electrons. The molecule has 0 bridgehead atoms. The van der Waals surface area contributed by atoms with Crippen LogP contribution in [0.3, 0.4) is 0 Å². The molecule has 0 aromatic carbocycles. The van der Waals surface area contributed by atoms with Gasteiger partial charge in [-0.1, -0.05) is 5.16 Å². The Bertz CT molecular complexity index is 507. The highest BCUT2D eigenvalue weighted by atomic mass is 32.1. The van der Waals surface area contributed by atoms with Gasteiger partial charge in [0.15, 0.2) is 5.11 Å². The van der Waals surface area contributed by atoms with Gasteiger partial charge in [-0.3, -0.25) is 9.80 Å². The molecule has 1 aliphatic rings. The average molecular weight is 296 g/mol. The van der Waals surface area contributed by atoms with Crippen LogP contribution in [-0.4, -0.2) is 45.3 Å². The number of amides is 1. The van der Waals surface area contributed by atoms with Crippen molar-refractivity contribution in [1.29, 1.82) is 0 Å². The minimum atomic E-state index is -0.105. The van der Waals surface area contributed by atoms with E-state index in [0.29, 0.717) is 28.7 Å². The summed E-state index contributed by atoms with van der Waals surface area (Å²) in [5.41, 5.74) is 1.14. The third-order valence-corrected chi connectivity index (χ3v) is 3.49. The molecular formula is C13H20N4O2S. The van der Waals surface area contributed by atoms with E-state index < -0.39 is 0 Å².